The van der Waals surface area contributed by atoms with Crippen molar-refractivity contribution in [1.29, 1.82) is 5.26 Å². The second kappa shape index (κ2) is 10.2. The summed E-state index contributed by atoms with van der Waals surface area (Å²) >= 11 is 0. The zero-order valence-electron chi connectivity index (χ0n) is 22.3. The van der Waals surface area contributed by atoms with Crippen molar-refractivity contribution >= 4 is 11.7 Å². The number of carbonyl (C=O) groups excluding carboxylic acids is 2. The number of hydrogen-bond acceptors (Lipinski definition) is 8. The molecule has 10 nitrogen and oxygen atoms in total. The Bertz CT molecular complexity index is 1600. The molecule has 3 aliphatic rings. The number of benzene rings is 1. The average Bonchev–Trinajstić information content (AvgIpc) is 3.50. The number of nitriles is 1. The van der Waals surface area contributed by atoms with Crippen molar-refractivity contribution in [2.24, 2.45) is 5.41 Å². The molecule has 1 saturated heterocycles. The molecular weight excluding hydrogens is 555 g/mol. The lowest BCUT2D eigenvalue weighted by Crippen LogP contribution is -2.50. The molecule has 1 atom stereocenters. The molecule has 1 fully saturated rings. The molecule has 4 heterocycles. The molecule has 3 aromatic rings. The lowest BCUT2D eigenvalue weighted by atomic mass is 9.80. The van der Waals surface area contributed by atoms with E-state index >= 15 is 0 Å². The minimum Gasteiger partial charge on any atom is -0.484 e. The van der Waals surface area contributed by atoms with Crippen molar-refractivity contribution in [1.82, 2.24) is 20.1 Å². The molecule has 0 unspecified atom stereocenters. The Balaban J connectivity index is 1.35. The van der Waals surface area contributed by atoms with E-state index in [-0.39, 0.29) is 48.1 Å². The van der Waals surface area contributed by atoms with E-state index in [9.17, 15) is 33.1 Å². The zero-order valence-corrected chi connectivity index (χ0v) is 22.3. The lowest BCUT2D eigenvalue weighted by Gasteiger charge is -2.39. The first kappa shape index (κ1) is 27.9. The summed E-state index contributed by atoms with van der Waals surface area (Å²) in [6, 6.07) is 9.76. The highest BCUT2D eigenvalue weighted by Gasteiger charge is 2.47. The van der Waals surface area contributed by atoms with Gasteiger partial charge in [-0.05, 0) is 54.7 Å². The summed E-state index contributed by atoms with van der Waals surface area (Å²) in [6.07, 6.45) is -1.47. The predicted molar refractivity (Wildman–Crippen MR) is 139 cm³/mol. The van der Waals surface area contributed by atoms with Gasteiger partial charge in [0.2, 0.25) is 0 Å². The third-order valence-corrected chi connectivity index (χ3v) is 8.22. The third-order valence-electron chi connectivity index (χ3n) is 8.22. The number of aliphatic hydroxyl groups excluding tert-OH is 1. The van der Waals surface area contributed by atoms with Gasteiger partial charge in [-0.2, -0.15) is 23.5 Å². The number of hydrogen-bond donors (Lipinski definition) is 2. The van der Waals surface area contributed by atoms with E-state index in [4.69, 9.17) is 9.47 Å². The van der Waals surface area contributed by atoms with Gasteiger partial charge in [0.15, 0.2) is 18.2 Å². The minimum absolute atomic E-state index is 0.0420. The first-order valence-electron chi connectivity index (χ1n) is 13.4. The summed E-state index contributed by atoms with van der Waals surface area (Å²) in [5.74, 6) is -0.490. The van der Waals surface area contributed by atoms with Gasteiger partial charge in [0.1, 0.15) is 17.5 Å². The summed E-state index contributed by atoms with van der Waals surface area (Å²) in [7, 11) is 0. The molecule has 2 N–H and O–H groups in total. The molecule has 6 rings (SSSR count). The molecule has 1 amide bonds. The van der Waals surface area contributed by atoms with Gasteiger partial charge < -0.3 is 19.9 Å². The summed E-state index contributed by atoms with van der Waals surface area (Å²) in [5, 5.41) is 26.7. The fourth-order valence-electron chi connectivity index (χ4n) is 5.93. The van der Waals surface area contributed by atoms with Crippen molar-refractivity contribution in [3.8, 4) is 17.6 Å². The molecule has 1 aliphatic carbocycles. The van der Waals surface area contributed by atoms with Gasteiger partial charge >= 0.3 is 6.18 Å². The topological polar surface area (TPSA) is 139 Å². The minimum atomic E-state index is -4.46. The third kappa shape index (κ3) is 4.90. The summed E-state index contributed by atoms with van der Waals surface area (Å²) in [6.45, 7) is -0.839. The van der Waals surface area contributed by atoms with E-state index in [1.807, 2.05) is 6.07 Å². The molecule has 0 radical (unpaired) electrons. The Morgan fingerprint density at radius 2 is 2.07 bits per heavy atom. The molecule has 1 spiro atoms. The Kier molecular flexibility index (Phi) is 6.78. The maximum atomic E-state index is 13.7. The van der Waals surface area contributed by atoms with Crippen LogP contribution in [-0.2, 0) is 23.1 Å². The van der Waals surface area contributed by atoms with Gasteiger partial charge in [0.25, 0.3) is 5.91 Å². The van der Waals surface area contributed by atoms with Gasteiger partial charge in [0.05, 0.1) is 42.2 Å². The van der Waals surface area contributed by atoms with Crippen molar-refractivity contribution < 1.29 is 37.3 Å². The number of Topliss-reactive ketones (excluding diaryl/α,β-unsaturated/α-hetero) is 1. The van der Waals surface area contributed by atoms with Crippen LogP contribution in [0.25, 0.3) is 5.82 Å². The number of nitrogens with one attached hydrogen (secondary N) is 1. The highest BCUT2D eigenvalue weighted by Crippen LogP contribution is 2.44. The number of halogens is 3. The average molecular weight is 582 g/mol. The van der Waals surface area contributed by atoms with Crippen molar-refractivity contribution in [3.63, 3.8) is 0 Å². The van der Waals surface area contributed by atoms with Gasteiger partial charge in [-0.25, -0.2) is 9.67 Å². The van der Waals surface area contributed by atoms with E-state index in [1.165, 1.54) is 23.0 Å². The van der Waals surface area contributed by atoms with Crippen molar-refractivity contribution in [3.05, 3.63) is 70.2 Å². The molecule has 42 heavy (non-hydrogen) atoms. The van der Waals surface area contributed by atoms with Crippen molar-refractivity contribution in [2.45, 2.75) is 43.8 Å². The Labute approximate surface area is 238 Å². The first-order valence-corrected chi connectivity index (χ1v) is 13.4. The highest BCUT2D eigenvalue weighted by atomic mass is 19.4. The van der Waals surface area contributed by atoms with E-state index in [0.717, 1.165) is 11.1 Å². The number of aryl methyl sites for hydroxylation is 1. The molecule has 2 aliphatic heterocycles. The Hall–Kier alpha value is -4.28. The number of amides is 1. The fourth-order valence-corrected chi connectivity index (χ4v) is 5.93. The quantitative estimate of drug-likeness (QED) is 0.387. The lowest BCUT2D eigenvalue weighted by molar-refractivity contribution is -0.153. The largest absolute Gasteiger partial charge is 0.484 e. The van der Waals surface area contributed by atoms with Crippen LogP contribution in [0.15, 0.2) is 36.5 Å². The smallest absolute Gasteiger partial charge is 0.422 e. The van der Waals surface area contributed by atoms with Crippen LogP contribution in [0, 0.1) is 16.7 Å². The number of ether oxygens (including phenoxy) is 2. The number of fused-ring (bicyclic) bond motifs is 3. The molecule has 218 valence electrons. The molecule has 13 heteroatoms. The second-order valence-electron chi connectivity index (χ2n) is 11.1. The number of rotatable bonds is 8. The maximum Gasteiger partial charge on any atom is 0.422 e. The molecule has 1 aromatic carbocycles. The Morgan fingerprint density at radius 1 is 1.26 bits per heavy atom. The van der Waals surface area contributed by atoms with E-state index in [2.05, 4.69) is 15.4 Å². The van der Waals surface area contributed by atoms with E-state index < -0.39 is 29.6 Å². The fraction of sp³-hybridized carbons (Fsp3) is 0.414. The van der Waals surface area contributed by atoms with Crippen LogP contribution in [0.4, 0.5) is 13.2 Å². The van der Waals surface area contributed by atoms with Gasteiger partial charge in [-0.3, -0.25) is 9.59 Å². The van der Waals surface area contributed by atoms with Crippen LogP contribution >= 0.6 is 0 Å². The highest BCUT2D eigenvalue weighted by molar-refractivity contribution is 6.09. The van der Waals surface area contributed by atoms with Crippen LogP contribution in [0.3, 0.4) is 0 Å². The predicted octanol–water partition coefficient (Wildman–Crippen LogP) is 3.18. The molecule has 0 saturated carbocycles. The number of carbonyl (C=O) groups is 2. The summed E-state index contributed by atoms with van der Waals surface area (Å²) in [5.41, 5.74) is 1.07. The van der Waals surface area contributed by atoms with E-state index in [1.54, 1.807) is 18.2 Å². The first-order chi connectivity index (χ1) is 20.1. The number of nitrogens with zero attached hydrogens (tertiary/aromatic N) is 4. The van der Waals surface area contributed by atoms with Crippen LogP contribution < -0.4 is 10.1 Å². The molecular formula is C29H26F3N5O5. The number of aromatic nitrogens is 3. The van der Waals surface area contributed by atoms with E-state index in [0.29, 0.717) is 43.7 Å². The number of alkyl halides is 3. The van der Waals surface area contributed by atoms with Crippen LogP contribution in [0.1, 0.15) is 62.5 Å². The van der Waals surface area contributed by atoms with Crippen LogP contribution in [0.2, 0.25) is 0 Å². The molecule has 0 bridgehead atoms. The SMILES string of the molecule is N#Cc1ccc(-n2nc3c(c2C(=O)CCC2(CO)COC2)C(=O)N[C@@]2(CCc4cc(OCC(F)(F)F)ccc42)C3)nc1. The maximum absolute atomic E-state index is 13.7. The normalized spacial score (nSPS) is 20.3. The van der Waals surface area contributed by atoms with Crippen molar-refractivity contribution in [2.75, 3.05) is 26.4 Å². The van der Waals surface area contributed by atoms with Gasteiger partial charge in [-0.15, -0.1) is 0 Å². The van der Waals surface area contributed by atoms with Gasteiger partial charge in [-0.1, -0.05) is 6.07 Å². The number of pyridine rings is 1. The number of ketones is 1. The monoisotopic (exact) mass is 581 g/mol. The Morgan fingerprint density at radius 3 is 2.71 bits per heavy atom. The zero-order chi connectivity index (χ0) is 29.7. The second-order valence-corrected chi connectivity index (χ2v) is 11.1. The summed E-state index contributed by atoms with van der Waals surface area (Å²) in [4.78, 5) is 31.7. The van der Waals surface area contributed by atoms with Crippen LogP contribution in [0.5, 0.6) is 5.75 Å². The summed E-state index contributed by atoms with van der Waals surface area (Å²) < 4.78 is 49.4. The van der Waals surface area contributed by atoms with Crippen LogP contribution in [-0.4, -0.2) is 64.2 Å². The number of aliphatic hydroxyl groups is 1. The standard InChI is InChI=1S/C29H26F3N5O5/c30-29(31,32)16-42-19-2-3-20-18(9-19)5-8-28(20)10-21-24(26(40)35-28)25(22(39)6-7-27(13-38)14-41-15-27)37(36-21)23-4-1-17(11-33)12-34-23/h1-4,9,12,38H,5-8,10,13-16H2,(H,35,40)/t28-/m0/s1. The molecule has 2 aromatic heterocycles. The van der Waals surface area contributed by atoms with Gasteiger partial charge in [0, 0.05) is 24.5 Å².